The maximum atomic E-state index is 13.9. The Morgan fingerprint density at radius 2 is 1.38 bits per heavy atom. The molecule has 21 nitrogen and oxygen atoms in total. The van der Waals surface area contributed by atoms with Gasteiger partial charge in [0.1, 0.15) is 36.0 Å². The first-order valence-corrected chi connectivity index (χ1v) is 19.0. The summed E-state index contributed by atoms with van der Waals surface area (Å²) in [4.78, 5) is 116. The molecule has 0 spiro atoms. The molecule has 8 amide bonds. The predicted molar refractivity (Wildman–Crippen MR) is 206 cm³/mol. The van der Waals surface area contributed by atoms with Crippen LogP contribution in [0.1, 0.15) is 65.4 Å². The van der Waals surface area contributed by atoms with Crippen LogP contribution in [-0.2, 0) is 49.6 Å². The van der Waals surface area contributed by atoms with Crippen molar-refractivity contribution in [3.05, 3.63) is 29.8 Å². The molecule has 13 N–H and O–H groups in total. The molecule has 1 aliphatic heterocycles. The van der Waals surface area contributed by atoms with E-state index in [0.29, 0.717) is 24.8 Å². The summed E-state index contributed by atoms with van der Waals surface area (Å²) >= 11 is 0. The van der Waals surface area contributed by atoms with Gasteiger partial charge in [-0.15, -0.1) is 0 Å². The van der Waals surface area contributed by atoms with Gasteiger partial charge in [0.25, 0.3) is 0 Å². The number of rotatable bonds is 23. The van der Waals surface area contributed by atoms with Crippen LogP contribution in [0.15, 0.2) is 24.3 Å². The van der Waals surface area contributed by atoms with Crippen LogP contribution in [0.5, 0.6) is 5.75 Å². The van der Waals surface area contributed by atoms with Crippen LogP contribution in [-0.4, -0.2) is 136 Å². The van der Waals surface area contributed by atoms with E-state index in [-0.39, 0.29) is 31.1 Å². The van der Waals surface area contributed by atoms with Crippen LogP contribution in [0.3, 0.4) is 0 Å². The van der Waals surface area contributed by atoms with Gasteiger partial charge in [0.2, 0.25) is 47.3 Å². The third-order valence-electron chi connectivity index (χ3n) is 9.90. The van der Waals surface area contributed by atoms with E-state index in [2.05, 4.69) is 31.9 Å². The molecule has 1 fully saturated rings. The number of likely N-dealkylation sites (tertiary alicyclic amines) is 1. The first-order valence-electron chi connectivity index (χ1n) is 19.0. The Labute approximate surface area is 335 Å². The summed E-state index contributed by atoms with van der Waals surface area (Å²) in [5.74, 6) is -8.70. The second kappa shape index (κ2) is 23.4. The van der Waals surface area contributed by atoms with E-state index in [1.54, 1.807) is 32.9 Å². The number of benzene rings is 1. The van der Waals surface area contributed by atoms with Crippen molar-refractivity contribution in [1.82, 2.24) is 36.8 Å². The molecule has 58 heavy (non-hydrogen) atoms. The molecule has 1 heterocycles. The quantitative estimate of drug-likeness (QED) is 0.0511. The molecule has 0 saturated carbocycles. The number of hydrogen-bond donors (Lipinski definition) is 11. The van der Waals surface area contributed by atoms with Gasteiger partial charge in [0.05, 0.1) is 32.2 Å². The number of amides is 8. The van der Waals surface area contributed by atoms with Gasteiger partial charge in [-0.25, -0.2) is 4.79 Å². The highest BCUT2D eigenvalue weighted by Gasteiger charge is 2.39. The predicted octanol–water partition coefficient (Wildman–Crippen LogP) is -3.53. The minimum absolute atomic E-state index is 0.00893. The van der Waals surface area contributed by atoms with E-state index >= 15 is 0 Å². The molecule has 1 aromatic rings. The molecule has 322 valence electrons. The van der Waals surface area contributed by atoms with Crippen molar-refractivity contribution < 1.29 is 58.5 Å². The molecule has 1 aromatic carbocycles. The van der Waals surface area contributed by atoms with Crippen molar-refractivity contribution in [3.8, 4) is 5.75 Å². The van der Waals surface area contributed by atoms with E-state index in [9.17, 15) is 58.5 Å². The lowest BCUT2D eigenvalue weighted by Crippen LogP contribution is -2.58. The zero-order chi connectivity index (χ0) is 43.7. The van der Waals surface area contributed by atoms with Crippen LogP contribution in [0.25, 0.3) is 0 Å². The van der Waals surface area contributed by atoms with Crippen LogP contribution in [0.2, 0.25) is 0 Å². The molecule has 8 atom stereocenters. The van der Waals surface area contributed by atoms with Gasteiger partial charge < -0.3 is 63.6 Å². The second-order valence-corrected chi connectivity index (χ2v) is 14.3. The van der Waals surface area contributed by atoms with Gasteiger partial charge in [-0.05, 0) is 42.4 Å². The monoisotopic (exact) mass is 819 g/mol. The number of nitrogens with one attached hydrogen (secondary N) is 6. The number of primary amides is 1. The van der Waals surface area contributed by atoms with Crippen LogP contribution in [0, 0.1) is 11.8 Å². The lowest BCUT2D eigenvalue weighted by atomic mass is 9.98. The number of carbonyl (C=O) groups excluding carboxylic acids is 8. The number of carboxylic acids is 1. The Balaban J connectivity index is 2.01. The topological polar surface area (TPSA) is 342 Å². The summed E-state index contributed by atoms with van der Waals surface area (Å²) in [6, 6.07) is -1.46. The van der Waals surface area contributed by atoms with E-state index in [0.717, 1.165) is 0 Å². The molecule has 1 saturated heterocycles. The Morgan fingerprint density at radius 3 is 1.93 bits per heavy atom. The lowest BCUT2D eigenvalue weighted by Gasteiger charge is -2.30. The van der Waals surface area contributed by atoms with E-state index < -0.39 is 122 Å². The number of carbonyl (C=O) groups is 9. The number of aliphatic hydroxyl groups excluding tert-OH is 1. The largest absolute Gasteiger partial charge is 0.508 e. The lowest BCUT2D eigenvalue weighted by molar-refractivity contribution is -0.144. The SMILES string of the molecule is CC[C@H](C)[C@H](N)C(=O)N[C@@H](Cc1ccc(O)cc1)C(=O)N1CCC[C@H]1C(=O)NCC(=O)N[C@@H](CO)C(=O)NCC(=O)N[C@@H](CC(N)=O)C(=O)N[C@H](C(=O)O)[C@@H](C)CC. The highest BCUT2D eigenvalue weighted by molar-refractivity contribution is 5.97. The fourth-order valence-electron chi connectivity index (χ4n) is 5.96. The number of aromatic hydroxyl groups is 1. The summed E-state index contributed by atoms with van der Waals surface area (Å²) < 4.78 is 0. The van der Waals surface area contributed by atoms with Crippen molar-refractivity contribution in [1.29, 1.82) is 0 Å². The molecule has 0 radical (unpaired) electrons. The Hall–Kier alpha value is -5.83. The fraction of sp³-hybridized carbons (Fsp3) is 0.595. The maximum Gasteiger partial charge on any atom is 0.326 e. The van der Waals surface area contributed by atoms with E-state index in [4.69, 9.17) is 11.5 Å². The average Bonchev–Trinajstić information content (AvgIpc) is 3.69. The molecule has 0 bridgehead atoms. The zero-order valence-electron chi connectivity index (χ0n) is 33.1. The minimum atomic E-state index is -1.59. The number of nitrogens with two attached hydrogens (primary N) is 2. The maximum absolute atomic E-state index is 13.9. The summed E-state index contributed by atoms with van der Waals surface area (Å²) in [6.45, 7) is 4.76. The van der Waals surface area contributed by atoms with Gasteiger partial charge in [-0.3, -0.25) is 38.4 Å². The van der Waals surface area contributed by atoms with Crippen molar-refractivity contribution >= 4 is 53.2 Å². The first kappa shape index (κ1) is 48.3. The molecule has 0 aromatic heterocycles. The number of phenols is 1. The van der Waals surface area contributed by atoms with Gasteiger partial charge >= 0.3 is 5.97 Å². The number of aliphatic carboxylic acids is 1. The minimum Gasteiger partial charge on any atom is -0.508 e. The first-order chi connectivity index (χ1) is 27.3. The summed E-state index contributed by atoms with van der Waals surface area (Å²) in [7, 11) is 0. The Bertz CT molecular complexity index is 1640. The van der Waals surface area contributed by atoms with Crippen molar-refractivity contribution in [2.24, 2.45) is 23.3 Å². The second-order valence-electron chi connectivity index (χ2n) is 14.3. The number of phenolic OH excluding ortho intramolecular Hbond substituents is 1. The van der Waals surface area contributed by atoms with Crippen LogP contribution in [0.4, 0.5) is 0 Å². The normalized spacial score (nSPS) is 17.2. The summed E-state index contributed by atoms with van der Waals surface area (Å²) in [5.41, 5.74) is 11.9. The third kappa shape index (κ3) is 14.9. The van der Waals surface area contributed by atoms with E-state index in [1.807, 2.05) is 6.92 Å². The molecule has 0 unspecified atom stereocenters. The number of nitrogens with zero attached hydrogens (tertiary/aromatic N) is 1. The number of aliphatic hydroxyl groups is 1. The molecular formula is C37H57N9O12. The van der Waals surface area contributed by atoms with E-state index in [1.165, 1.54) is 17.0 Å². The highest BCUT2D eigenvalue weighted by atomic mass is 16.4. The third-order valence-corrected chi connectivity index (χ3v) is 9.90. The standard InChI is InChI=1S/C37H57N9O12/c1-5-19(3)30(39)35(55)44-24(14-21-9-11-22(48)12-10-21)36(56)46-13-7-8-26(46)34(54)41-17-29(51)43-25(18-47)32(52)40-16-28(50)42-23(15-27(38)49)33(53)45-31(37(57)58)20(4)6-2/h9-12,19-20,23-26,30-31,47-48H,5-8,13-18,39H2,1-4H3,(H2,38,49)(H,40,52)(H,41,54)(H,42,50)(H,43,51)(H,44,55)(H,45,53)(H,57,58)/t19-,20-,23-,24-,25-,26-,30-,31-/m0/s1. The summed E-state index contributed by atoms with van der Waals surface area (Å²) in [6.07, 6.45) is 1.05. The summed E-state index contributed by atoms with van der Waals surface area (Å²) in [5, 5.41) is 42.9. The molecular weight excluding hydrogens is 762 g/mol. The Morgan fingerprint density at radius 1 is 0.793 bits per heavy atom. The van der Waals surface area contributed by atoms with Gasteiger partial charge in [-0.2, -0.15) is 0 Å². The van der Waals surface area contributed by atoms with Gasteiger partial charge in [-0.1, -0.05) is 52.7 Å². The number of hydrogen-bond acceptors (Lipinski definition) is 12. The fourth-order valence-corrected chi connectivity index (χ4v) is 5.96. The van der Waals surface area contributed by atoms with Crippen molar-refractivity contribution in [2.45, 2.75) is 102 Å². The van der Waals surface area contributed by atoms with Gasteiger partial charge in [0, 0.05) is 13.0 Å². The van der Waals surface area contributed by atoms with Crippen molar-refractivity contribution in [2.75, 3.05) is 26.2 Å². The van der Waals surface area contributed by atoms with Crippen LogP contribution < -0.4 is 43.4 Å². The smallest absolute Gasteiger partial charge is 0.326 e. The molecule has 0 aliphatic carbocycles. The molecule has 1 aliphatic rings. The van der Waals surface area contributed by atoms with Crippen LogP contribution >= 0.6 is 0 Å². The Kier molecular flexibility index (Phi) is 19.5. The highest BCUT2D eigenvalue weighted by Crippen LogP contribution is 2.21. The van der Waals surface area contributed by atoms with Crippen molar-refractivity contribution in [3.63, 3.8) is 0 Å². The molecule has 21 heteroatoms. The zero-order valence-corrected chi connectivity index (χ0v) is 33.1. The molecule has 2 rings (SSSR count). The number of carboxylic acid groups (broad SMARTS) is 1. The average molecular weight is 820 g/mol. The van der Waals surface area contributed by atoms with Gasteiger partial charge in [0.15, 0.2) is 0 Å².